The maximum absolute atomic E-state index is 5.77. The van der Waals surface area contributed by atoms with Crippen LogP contribution in [0.25, 0.3) is 0 Å². The molecule has 1 aliphatic rings. The SMILES string of the molecule is CC(C)CCCOc1cccc2c1OCC2. The largest absolute Gasteiger partial charge is 0.490 e. The normalized spacial score (nSPS) is 13.7. The van der Waals surface area contributed by atoms with Gasteiger partial charge in [0.1, 0.15) is 0 Å². The number of para-hydroxylation sites is 1. The van der Waals surface area contributed by atoms with Gasteiger partial charge in [0.2, 0.25) is 0 Å². The second-order valence-corrected chi connectivity index (χ2v) is 4.73. The van der Waals surface area contributed by atoms with Crippen molar-refractivity contribution >= 4 is 0 Å². The van der Waals surface area contributed by atoms with E-state index >= 15 is 0 Å². The molecular weight excluding hydrogens is 200 g/mol. The van der Waals surface area contributed by atoms with Crippen molar-refractivity contribution in [1.82, 2.24) is 0 Å². The van der Waals surface area contributed by atoms with Gasteiger partial charge in [-0.15, -0.1) is 0 Å². The van der Waals surface area contributed by atoms with Gasteiger partial charge in [-0.1, -0.05) is 26.0 Å². The molecule has 1 aromatic rings. The van der Waals surface area contributed by atoms with Gasteiger partial charge < -0.3 is 9.47 Å². The lowest BCUT2D eigenvalue weighted by molar-refractivity contribution is 0.273. The average Bonchev–Trinajstić information content (AvgIpc) is 2.72. The van der Waals surface area contributed by atoms with Crippen LogP contribution in [0.5, 0.6) is 11.5 Å². The fourth-order valence-corrected chi connectivity index (χ4v) is 1.97. The molecule has 0 aromatic heterocycles. The standard InChI is InChI=1S/C14H20O2/c1-11(2)5-4-9-15-13-7-3-6-12-8-10-16-14(12)13/h3,6-7,11H,4-5,8-10H2,1-2H3. The Kier molecular flexibility index (Phi) is 3.70. The highest BCUT2D eigenvalue weighted by atomic mass is 16.5. The number of hydrogen-bond acceptors (Lipinski definition) is 2. The molecule has 0 spiro atoms. The Hall–Kier alpha value is -1.18. The van der Waals surface area contributed by atoms with Crippen molar-refractivity contribution in [1.29, 1.82) is 0 Å². The Balaban J connectivity index is 1.88. The molecule has 0 atom stereocenters. The highest BCUT2D eigenvalue weighted by molar-refractivity contribution is 5.48. The Labute approximate surface area is 97.6 Å². The molecule has 1 heterocycles. The molecule has 0 aliphatic carbocycles. The molecule has 0 bridgehead atoms. The lowest BCUT2D eigenvalue weighted by Gasteiger charge is -2.10. The lowest BCUT2D eigenvalue weighted by Crippen LogP contribution is -2.00. The Morgan fingerprint density at radius 1 is 1.38 bits per heavy atom. The summed E-state index contributed by atoms with van der Waals surface area (Å²) in [6.07, 6.45) is 3.34. The highest BCUT2D eigenvalue weighted by Gasteiger charge is 2.16. The van der Waals surface area contributed by atoms with Gasteiger partial charge in [-0.25, -0.2) is 0 Å². The molecule has 0 unspecified atom stereocenters. The van der Waals surface area contributed by atoms with Gasteiger partial charge in [0, 0.05) is 12.0 Å². The van der Waals surface area contributed by atoms with Crippen LogP contribution in [0.1, 0.15) is 32.3 Å². The van der Waals surface area contributed by atoms with Crippen molar-refractivity contribution in [3.63, 3.8) is 0 Å². The van der Waals surface area contributed by atoms with Crippen molar-refractivity contribution in [2.75, 3.05) is 13.2 Å². The molecule has 1 aliphatic heterocycles. The van der Waals surface area contributed by atoms with Crippen molar-refractivity contribution in [3.8, 4) is 11.5 Å². The van der Waals surface area contributed by atoms with Crippen LogP contribution < -0.4 is 9.47 Å². The van der Waals surface area contributed by atoms with E-state index in [0.29, 0.717) is 0 Å². The van der Waals surface area contributed by atoms with E-state index in [1.165, 1.54) is 12.0 Å². The third kappa shape index (κ3) is 2.69. The first-order valence-electron chi connectivity index (χ1n) is 6.15. The van der Waals surface area contributed by atoms with E-state index in [4.69, 9.17) is 9.47 Å². The zero-order valence-electron chi connectivity index (χ0n) is 10.2. The first-order chi connectivity index (χ1) is 7.77. The molecule has 0 saturated carbocycles. The first kappa shape index (κ1) is 11.3. The second-order valence-electron chi connectivity index (χ2n) is 4.73. The third-order valence-electron chi connectivity index (χ3n) is 2.86. The van der Waals surface area contributed by atoms with E-state index < -0.39 is 0 Å². The molecule has 0 amide bonds. The quantitative estimate of drug-likeness (QED) is 0.708. The van der Waals surface area contributed by atoms with Crippen molar-refractivity contribution in [2.24, 2.45) is 5.92 Å². The second kappa shape index (κ2) is 5.24. The van der Waals surface area contributed by atoms with Crippen molar-refractivity contribution < 1.29 is 9.47 Å². The van der Waals surface area contributed by atoms with Gasteiger partial charge in [-0.3, -0.25) is 0 Å². The van der Waals surface area contributed by atoms with Crippen LogP contribution >= 0.6 is 0 Å². The van der Waals surface area contributed by atoms with Gasteiger partial charge in [0.25, 0.3) is 0 Å². The molecular formula is C14H20O2. The van der Waals surface area contributed by atoms with Crippen LogP contribution in [0, 0.1) is 5.92 Å². The Morgan fingerprint density at radius 3 is 3.06 bits per heavy atom. The summed E-state index contributed by atoms with van der Waals surface area (Å²) in [6, 6.07) is 6.16. The molecule has 0 radical (unpaired) electrons. The number of hydrogen-bond donors (Lipinski definition) is 0. The summed E-state index contributed by atoms with van der Waals surface area (Å²) in [7, 11) is 0. The summed E-state index contributed by atoms with van der Waals surface area (Å²) in [5.41, 5.74) is 1.28. The Bertz CT molecular complexity index is 345. The fraction of sp³-hybridized carbons (Fsp3) is 0.571. The number of ether oxygens (including phenoxy) is 2. The van der Waals surface area contributed by atoms with Crippen LogP contribution in [-0.2, 0) is 6.42 Å². The summed E-state index contributed by atoms with van der Waals surface area (Å²) < 4.78 is 11.4. The molecule has 2 nitrogen and oxygen atoms in total. The van der Waals surface area contributed by atoms with Crippen LogP contribution in [0.2, 0.25) is 0 Å². The minimum absolute atomic E-state index is 0.751. The van der Waals surface area contributed by atoms with E-state index in [-0.39, 0.29) is 0 Å². The predicted molar refractivity (Wildman–Crippen MR) is 65.2 cm³/mol. The topological polar surface area (TPSA) is 18.5 Å². The smallest absolute Gasteiger partial charge is 0.164 e. The van der Waals surface area contributed by atoms with E-state index in [0.717, 1.165) is 43.5 Å². The maximum Gasteiger partial charge on any atom is 0.164 e. The van der Waals surface area contributed by atoms with Gasteiger partial charge in [-0.05, 0) is 24.8 Å². The van der Waals surface area contributed by atoms with E-state index in [1.54, 1.807) is 0 Å². The summed E-state index contributed by atoms with van der Waals surface area (Å²) in [4.78, 5) is 0. The zero-order chi connectivity index (χ0) is 11.4. The first-order valence-corrected chi connectivity index (χ1v) is 6.15. The molecule has 88 valence electrons. The summed E-state index contributed by atoms with van der Waals surface area (Å²) in [5, 5.41) is 0. The fourth-order valence-electron chi connectivity index (χ4n) is 1.97. The average molecular weight is 220 g/mol. The number of rotatable bonds is 5. The summed E-state index contributed by atoms with van der Waals surface area (Å²) >= 11 is 0. The van der Waals surface area contributed by atoms with Crippen LogP contribution in [0.4, 0.5) is 0 Å². The van der Waals surface area contributed by atoms with Crippen molar-refractivity contribution in [2.45, 2.75) is 33.1 Å². The third-order valence-corrected chi connectivity index (χ3v) is 2.86. The van der Waals surface area contributed by atoms with E-state index in [2.05, 4.69) is 19.9 Å². The lowest BCUT2D eigenvalue weighted by atomic mass is 10.1. The maximum atomic E-state index is 5.77. The van der Waals surface area contributed by atoms with Gasteiger partial charge in [0.05, 0.1) is 13.2 Å². The summed E-state index contributed by atoms with van der Waals surface area (Å²) in [5.74, 6) is 2.63. The molecule has 2 rings (SSSR count). The monoisotopic (exact) mass is 220 g/mol. The van der Waals surface area contributed by atoms with Crippen LogP contribution in [-0.4, -0.2) is 13.2 Å². The van der Waals surface area contributed by atoms with Gasteiger partial charge in [-0.2, -0.15) is 0 Å². The number of fused-ring (bicyclic) bond motifs is 1. The zero-order valence-corrected chi connectivity index (χ0v) is 10.2. The van der Waals surface area contributed by atoms with E-state index in [9.17, 15) is 0 Å². The molecule has 0 fully saturated rings. The summed E-state index contributed by atoms with van der Waals surface area (Å²) in [6.45, 7) is 6.06. The predicted octanol–water partition coefficient (Wildman–Crippen LogP) is 3.44. The molecule has 0 saturated heterocycles. The van der Waals surface area contributed by atoms with Crippen molar-refractivity contribution in [3.05, 3.63) is 23.8 Å². The van der Waals surface area contributed by atoms with Crippen LogP contribution in [0.3, 0.4) is 0 Å². The molecule has 16 heavy (non-hydrogen) atoms. The van der Waals surface area contributed by atoms with Crippen LogP contribution in [0.15, 0.2) is 18.2 Å². The molecule has 0 N–H and O–H groups in total. The van der Waals surface area contributed by atoms with Gasteiger partial charge in [0.15, 0.2) is 11.5 Å². The van der Waals surface area contributed by atoms with E-state index in [1.807, 2.05) is 12.1 Å². The highest BCUT2D eigenvalue weighted by Crippen LogP contribution is 2.35. The molecule has 1 aromatic carbocycles. The van der Waals surface area contributed by atoms with Gasteiger partial charge >= 0.3 is 0 Å². The number of benzene rings is 1. The molecule has 2 heteroatoms. The Morgan fingerprint density at radius 2 is 2.25 bits per heavy atom. The minimum atomic E-state index is 0.751. The minimum Gasteiger partial charge on any atom is -0.490 e.